The van der Waals surface area contributed by atoms with Crippen LogP contribution in [0.4, 0.5) is 0 Å². The predicted octanol–water partition coefficient (Wildman–Crippen LogP) is 13.6. The molecule has 10 aromatic rings. The minimum Gasteiger partial charge on any atom is -0.278 e. The first-order valence-electron chi connectivity index (χ1n) is 20.5. The van der Waals surface area contributed by atoms with Gasteiger partial charge in [-0.25, -0.2) is 9.97 Å². The van der Waals surface area contributed by atoms with Gasteiger partial charge in [0.05, 0.1) is 27.8 Å². The van der Waals surface area contributed by atoms with Gasteiger partial charge in [-0.15, -0.1) is 0 Å². The summed E-state index contributed by atoms with van der Waals surface area (Å²) in [6.45, 7) is 4.69. The topological polar surface area (TPSA) is 30.7 Å². The zero-order valence-corrected chi connectivity index (χ0v) is 32.9. The van der Waals surface area contributed by atoms with E-state index in [1.54, 1.807) is 0 Å². The summed E-state index contributed by atoms with van der Waals surface area (Å²) in [5.74, 6) is 0.655. The molecule has 8 aromatic carbocycles. The normalized spacial score (nSPS) is 14.2. The lowest BCUT2D eigenvalue weighted by molar-refractivity contribution is 0.661. The Kier molecular flexibility index (Phi) is 7.19. The number of para-hydroxylation sites is 1. The number of hydrogen-bond donors (Lipinski definition) is 0. The van der Waals surface area contributed by atoms with Crippen molar-refractivity contribution in [2.24, 2.45) is 0 Å². The first-order valence-corrected chi connectivity index (χ1v) is 20.5. The Balaban J connectivity index is 1.13. The van der Waals surface area contributed by atoms with Gasteiger partial charge in [-0.2, -0.15) is 0 Å². The number of hydrogen-bond acceptors (Lipinski definition) is 2. The average Bonchev–Trinajstić information content (AvgIpc) is 3.87. The molecule has 0 amide bonds. The van der Waals surface area contributed by atoms with Crippen LogP contribution < -0.4 is 0 Å². The molecule has 0 bridgehead atoms. The maximum atomic E-state index is 5.56. The van der Waals surface area contributed by atoms with Gasteiger partial charge in [-0.3, -0.25) is 4.57 Å². The predicted molar refractivity (Wildman–Crippen MR) is 242 cm³/mol. The van der Waals surface area contributed by atoms with E-state index in [2.05, 4.69) is 219 Å². The second-order valence-electron chi connectivity index (χ2n) is 16.5. The van der Waals surface area contributed by atoms with E-state index in [1.807, 2.05) is 0 Å². The molecule has 0 N–H and O–H groups in total. The van der Waals surface area contributed by atoms with Gasteiger partial charge in [-0.05, 0) is 86.0 Å². The lowest BCUT2D eigenvalue weighted by atomic mass is 9.67. The molecule has 12 rings (SSSR count). The fraction of sp³-hybridized carbons (Fsp3) is 0.0714. The van der Waals surface area contributed by atoms with Crippen molar-refractivity contribution in [2.75, 3.05) is 0 Å². The summed E-state index contributed by atoms with van der Waals surface area (Å²) in [5.41, 5.74) is 18.2. The number of fused-ring (bicyclic) bond motifs is 9. The van der Waals surface area contributed by atoms with Crippen molar-refractivity contribution in [3.63, 3.8) is 0 Å². The Morgan fingerprint density at radius 2 is 0.932 bits per heavy atom. The molecule has 0 saturated carbocycles. The second kappa shape index (κ2) is 12.6. The van der Waals surface area contributed by atoms with Crippen LogP contribution in [0.5, 0.6) is 0 Å². The molecular weight excluding hydrogens is 715 g/mol. The van der Waals surface area contributed by atoms with Crippen molar-refractivity contribution in [3.05, 3.63) is 234 Å². The molecule has 278 valence electrons. The molecule has 0 radical (unpaired) electrons. The molecule has 0 atom stereocenters. The van der Waals surface area contributed by atoms with Crippen molar-refractivity contribution in [3.8, 4) is 50.7 Å². The van der Waals surface area contributed by atoms with Gasteiger partial charge in [0.2, 0.25) is 5.95 Å². The molecule has 2 aliphatic carbocycles. The van der Waals surface area contributed by atoms with Crippen molar-refractivity contribution >= 4 is 21.8 Å². The Morgan fingerprint density at radius 3 is 1.64 bits per heavy atom. The summed E-state index contributed by atoms with van der Waals surface area (Å²) in [5, 5.41) is 2.39. The van der Waals surface area contributed by atoms with Gasteiger partial charge in [0.15, 0.2) is 0 Å². The molecule has 2 aromatic heterocycles. The fourth-order valence-corrected chi connectivity index (χ4v) is 10.4. The van der Waals surface area contributed by atoms with E-state index in [1.165, 1.54) is 66.4 Å². The minimum absolute atomic E-state index is 0.148. The molecule has 3 nitrogen and oxygen atoms in total. The van der Waals surface area contributed by atoms with E-state index < -0.39 is 5.41 Å². The summed E-state index contributed by atoms with van der Waals surface area (Å²) in [6, 6.07) is 72.9. The highest BCUT2D eigenvalue weighted by Crippen LogP contribution is 2.57. The van der Waals surface area contributed by atoms with Crippen molar-refractivity contribution in [2.45, 2.75) is 24.7 Å². The third-order valence-corrected chi connectivity index (χ3v) is 13.1. The Labute approximate surface area is 344 Å². The van der Waals surface area contributed by atoms with Crippen molar-refractivity contribution < 1.29 is 0 Å². The standard InChI is InChI=1S/C56H39N3/c1-55(2)46-27-15-12-25-41(46)44-33-45-43-26-14-17-29-52(43)59(53(45)34-48(44)55)54-57-50(36-18-6-3-7-19-36)35-51(58-54)37-30-31-42-40-24-13-16-28-47(40)56(49(42)32-37,38-20-8-4-9-21-38)39-22-10-5-11-23-39/h3-35H,1-2H3. The Hall–Kier alpha value is -7.36. The molecule has 2 heterocycles. The van der Waals surface area contributed by atoms with Crippen LogP contribution in [0.1, 0.15) is 47.2 Å². The molecule has 0 spiro atoms. The van der Waals surface area contributed by atoms with Crippen molar-refractivity contribution in [1.29, 1.82) is 0 Å². The summed E-state index contributed by atoms with van der Waals surface area (Å²) in [4.78, 5) is 11.0. The number of aromatic nitrogens is 3. The van der Waals surface area contributed by atoms with E-state index in [9.17, 15) is 0 Å². The highest BCUT2D eigenvalue weighted by Gasteiger charge is 2.46. The Bertz CT molecular complexity index is 3250. The fourth-order valence-electron chi connectivity index (χ4n) is 10.4. The summed E-state index contributed by atoms with van der Waals surface area (Å²) in [7, 11) is 0. The van der Waals surface area contributed by atoms with Crippen LogP contribution in [0.2, 0.25) is 0 Å². The number of nitrogens with zero attached hydrogens (tertiary/aromatic N) is 3. The van der Waals surface area contributed by atoms with Crippen LogP contribution >= 0.6 is 0 Å². The molecule has 0 unspecified atom stereocenters. The molecule has 0 saturated heterocycles. The van der Waals surface area contributed by atoms with E-state index in [-0.39, 0.29) is 5.41 Å². The van der Waals surface area contributed by atoms with Gasteiger partial charge in [-0.1, -0.05) is 184 Å². The SMILES string of the molecule is CC1(C)c2ccccc2-c2cc3c4ccccc4n(-c4nc(-c5ccccc5)cc(-c5ccc6c(c5)C(c5ccccc5)(c5ccccc5)c5ccccc5-6)n4)c3cc21. The third-order valence-electron chi connectivity index (χ3n) is 13.1. The number of rotatable bonds is 5. The summed E-state index contributed by atoms with van der Waals surface area (Å²) in [6.07, 6.45) is 0. The van der Waals surface area contributed by atoms with Gasteiger partial charge < -0.3 is 0 Å². The maximum Gasteiger partial charge on any atom is 0.235 e. The highest BCUT2D eigenvalue weighted by molar-refractivity contribution is 6.11. The van der Waals surface area contributed by atoms with E-state index in [4.69, 9.17) is 9.97 Å². The van der Waals surface area contributed by atoms with Crippen LogP contribution in [0.25, 0.3) is 72.5 Å². The third kappa shape index (κ3) is 4.76. The minimum atomic E-state index is -0.514. The van der Waals surface area contributed by atoms with Crippen LogP contribution in [0.3, 0.4) is 0 Å². The summed E-state index contributed by atoms with van der Waals surface area (Å²) >= 11 is 0. The first kappa shape index (κ1) is 33.7. The monoisotopic (exact) mass is 753 g/mol. The van der Waals surface area contributed by atoms with E-state index >= 15 is 0 Å². The smallest absolute Gasteiger partial charge is 0.235 e. The van der Waals surface area contributed by atoms with Crippen molar-refractivity contribution in [1.82, 2.24) is 14.5 Å². The average molecular weight is 754 g/mol. The van der Waals surface area contributed by atoms with Gasteiger partial charge in [0, 0.05) is 27.3 Å². The molecule has 0 aliphatic heterocycles. The van der Waals surface area contributed by atoms with Gasteiger partial charge >= 0.3 is 0 Å². The van der Waals surface area contributed by atoms with Gasteiger partial charge in [0.25, 0.3) is 0 Å². The molecule has 3 heteroatoms. The second-order valence-corrected chi connectivity index (χ2v) is 16.5. The zero-order chi connectivity index (χ0) is 39.3. The summed E-state index contributed by atoms with van der Waals surface area (Å²) < 4.78 is 2.29. The highest BCUT2D eigenvalue weighted by atomic mass is 15.2. The van der Waals surface area contributed by atoms with E-state index in [0.29, 0.717) is 5.95 Å². The van der Waals surface area contributed by atoms with E-state index in [0.717, 1.165) is 33.5 Å². The van der Waals surface area contributed by atoms with Crippen LogP contribution in [0.15, 0.2) is 200 Å². The van der Waals surface area contributed by atoms with Crippen LogP contribution in [0, 0.1) is 0 Å². The lowest BCUT2D eigenvalue weighted by Crippen LogP contribution is -2.28. The Morgan fingerprint density at radius 1 is 0.373 bits per heavy atom. The van der Waals surface area contributed by atoms with Gasteiger partial charge in [0.1, 0.15) is 0 Å². The van der Waals surface area contributed by atoms with Crippen LogP contribution in [-0.4, -0.2) is 14.5 Å². The quantitative estimate of drug-likeness (QED) is 0.175. The van der Waals surface area contributed by atoms with Crippen LogP contribution in [-0.2, 0) is 10.8 Å². The molecule has 0 fully saturated rings. The molecule has 59 heavy (non-hydrogen) atoms. The number of benzene rings is 8. The molecule has 2 aliphatic rings. The largest absolute Gasteiger partial charge is 0.278 e. The molecular formula is C56H39N3. The maximum absolute atomic E-state index is 5.56. The first-order chi connectivity index (χ1) is 29.0. The zero-order valence-electron chi connectivity index (χ0n) is 32.9. The lowest BCUT2D eigenvalue weighted by Gasteiger charge is -2.34.